The number of carbonyl (C=O) groups is 1. The summed E-state index contributed by atoms with van der Waals surface area (Å²) in [5.41, 5.74) is 2.08. The number of fused-ring (bicyclic) bond motifs is 5. The number of rotatable bonds is 2. The summed E-state index contributed by atoms with van der Waals surface area (Å²) in [6.45, 7) is 0.909. The minimum Gasteiger partial charge on any atom is -0.455 e. The molecule has 0 bridgehead atoms. The Kier molecular flexibility index (Phi) is 3.62. The van der Waals surface area contributed by atoms with E-state index in [0.29, 0.717) is 5.02 Å². The monoisotopic (exact) mass is 328 g/mol. The molecule has 2 atom stereocenters. The molecule has 0 aliphatic carbocycles. The maximum atomic E-state index is 11.1. The molecule has 5 heteroatoms. The maximum absolute atomic E-state index is 11.1. The first kappa shape index (κ1) is 14.4. The van der Waals surface area contributed by atoms with Gasteiger partial charge in [-0.05, 0) is 37.1 Å². The number of para-hydroxylation sites is 1. The molecule has 1 saturated heterocycles. The number of piperidine rings is 1. The Morgan fingerprint density at radius 1 is 1.22 bits per heavy atom. The van der Waals surface area contributed by atoms with Gasteiger partial charge in [0, 0.05) is 17.1 Å². The molecule has 4 rings (SSSR count). The Balaban J connectivity index is 1.91. The Hall–Kier alpha value is -2.20. The van der Waals surface area contributed by atoms with Gasteiger partial charge in [-0.15, -0.1) is 0 Å². The van der Waals surface area contributed by atoms with Gasteiger partial charge in [-0.1, -0.05) is 29.8 Å². The van der Waals surface area contributed by atoms with E-state index in [1.54, 1.807) is 0 Å². The van der Waals surface area contributed by atoms with Crippen LogP contribution in [0.5, 0.6) is 11.5 Å². The lowest BCUT2D eigenvalue weighted by Crippen LogP contribution is -2.47. The van der Waals surface area contributed by atoms with Gasteiger partial charge in [-0.2, -0.15) is 0 Å². The highest BCUT2D eigenvalue weighted by molar-refractivity contribution is 6.31. The summed E-state index contributed by atoms with van der Waals surface area (Å²) in [5, 5.41) is 3.67. The number of benzene rings is 2. The Morgan fingerprint density at radius 2 is 2.09 bits per heavy atom. The van der Waals surface area contributed by atoms with E-state index in [1.165, 1.54) is 0 Å². The van der Waals surface area contributed by atoms with Crippen LogP contribution in [0.1, 0.15) is 24.4 Å². The number of hydrogen-bond donors (Lipinski definition) is 1. The minimum atomic E-state index is 0.0462. The summed E-state index contributed by atoms with van der Waals surface area (Å²) in [6, 6.07) is 13.8. The minimum absolute atomic E-state index is 0.0462. The second-order valence-electron chi connectivity index (χ2n) is 5.92. The van der Waals surface area contributed by atoms with Gasteiger partial charge in [-0.3, -0.25) is 4.79 Å². The number of amides is 1. The molecular formula is C18H17ClN2O2. The molecular weight excluding hydrogens is 312 g/mol. The SMILES string of the molecule is O=CNC1CCCN2c3cc(Cl)ccc3Oc3ccccc3C12. The first-order valence-electron chi connectivity index (χ1n) is 7.80. The summed E-state index contributed by atoms with van der Waals surface area (Å²) in [5.74, 6) is 1.64. The molecule has 2 aliphatic heterocycles. The number of carbonyl (C=O) groups excluding carboxylic acids is 1. The van der Waals surface area contributed by atoms with Crippen LogP contribution >= 0.6 is 11.6 Å². The molecule has 0 aromatic heterocycles. The van der Waals surface area contributed by atoms with Crippen molar-refractivity contribution in [3.63, 3.8) is 0 Å². The molecule has 0 spiro atoms. The van der Waals surface area contributed by atoms with Crippen LogP contribution in [0.15, 0.2) is 42.5 Å². The zero-order valence-corrected chi connectivity index (χ0v) is 13.3. The summed E-state index contributed by atoms with van der Waals surface area (Å²) in [7, 11) is 0. The van der Waals surface area contributed by atoms with Gasteiger partial charge in [-0.25, -0.2) is 0 Å². The Morgan fingerprint density at radius 3 is 2.96 bits per heavy atom. The zero-order valence-electron chi connectivity index (χ0n) is 12.5. The van der Waals surface area contributed by atoms with Gasteiger partial charge in [0.15, 0.2) is 5.75 Å². The van der Waals surface area contributed by atoms with Crippen LogP contribution in [-0.2, 0) is 4.79 Å². The molecule has 118 valence electrons. The van der Waals surface area contributed by atoms with E-state index in [9.17, 15) is 4.79 Å². The van der Waals surface area contributed by atoms with Crippen molar-refractivity contribution in [1.82, 2.24) is 5.32 Å². The lowest BCUT2D eigenvalue weighted by molar-refractivity contribution is -0.110. The third kappa shape index (κ3) is 2.43. The van der Waals surface area contributed by atoms with Gasteiger partial charge in [0.25, 0.3) is 0 Å². The third-order valence-corrected chi connectivity index (χ3v) is 4.84. The van der Waals surface area contributed by atoms with Crippen LogP contribution in [0.4, 0.5) is 5.69 Å². The highest BCUT2D eigenvalue weighted by Gasteiger charge is 2.37. The molecule has 0 saturated carbocycles. The van der Waals surface area contributed by atoms with Crippen molar-refractivity contribution < 1.29 is 9.53 Å². The van der Waals surface area contributed by atoms with E-state index < -0.39 is 0 Å². The molecule has 2 aliphatic rings. The second-order valence-corrected chi connectivity index (χ2v) is 6.36. The van der Waals surface area contributed by atoms with E-state index in [4.69, 9.17) is 16.3 Å². The fraction of sp³-hybridized carbons (Fsp3) is 0.278. The number of ether oxygens (including phenoxy) is 1. The van der Waals surface area contributed by atoms with Crippen LogP contribution < -0.4 is 15.0 Å². The molecule has 1 amide bonds. The van der Waals surface area contributed by atoms with Crippen molar-refractivity contribution in [2.24, 2.45) is 0 Å². The molecule has 0 radical (unpaired) electrons. The predicted octanol–water partition coefficient (Wildman–Crippen LogP) is 3.90. The average Bonchev–Trinajstić information content (AvgIpc) is 2.70. The van der Waals surface area contributed by atoms with Crippen molar-refractivity contribution >= 4 is 23.7 Å². The van der Waals surface area contributed by atoms with Crippen LogP contribution in [0.25, 0.3) is 0 Å². The van der Waals surface area contributed by atoms with Crippen LogP contribution in [0.3, 0.4) is 0 Å². The molecule has 2 aromatic rings. The molecule has 1 N–H and O–H groups in total. The quantitative estimate of drug-likeness (QED) is 0.850. The molecule has 23 heavy (non-hydrogen) atoms. The van der Waals surface area contributed by atoms with E-state index in [-0.39, 0.29) is 12.1 Å². The largest absolute Gasteiger partial charge is 0.455 e. The molecule has 2 unspecified atom stereocenters. The molecule has 1 fully saturated rings. The number of hydrogen-bond acceptors (Lipinski definition) is 3. The van der Waals surface area contributed by atoms with E-state index in [2.05, 4.69) is 16.3 Å². The standard InChI is InChI=1S/C18H17ClN2O2/c19-12-7-8-17-15(10-12)21-9-3-5-14(20-11-22)18(21)13-4-1-2-6-16(13)23-17/h1-2,4,6-8,10-11,14,18H,3,5,9H2,(H,20,22). The summed E-state index contributed by atoms with van der Waals surface area (Å²) in [6.07, 6.45) is 2.75. The van der Waals surface area contributed by atoms with Crippen LogP contribution in [0.2, 0.25) is 5.02 Å². The first-order chi connectivity index (χ1) is 11.3. The highest BCUT2D eigenvalue weighted by atomic mass is 35.5. The van der Waals surface area contributed by atoms with E-state index in [1.807, 2.05) is 36.4 Å². The highest BCUT2D eigenvalue weighted by Crippen LogP contribution is 2.48. The molecule has 2 aromatic carbocycles. The fourth-order valence-corrected chi connectivity index (χ4v) is 3.82. The first-order valence-corrected chi connectivity index (χ1v) is 8.18. The van der Waals surface area contributed by atoms with Crippen molar-refractivity contribution in [3.05, 3.63) is 53.1 Å². The molecule has 4 nitrogen and oxygen atoms in total. The summed E-state index contributed by atoms with van der Waals surface area (Å²) < 4.78 is 6.16. The predicted molar refractivity (Wildman–Crippen MR) is 90.3 cm³/mol. The number of anilines is 1. The fourth-order valence-electron chi connectivity index (χ4n) is 3.65. The summed E-state index contributed by atoms with van der Waals surface area (Å²) in [4.78, 5) is 13.4. The van der Waals surface area contributed by atoms with Crippen molar-refractivity contribution in [2.45, 2.75) is 24.9 Å². The smallest absolute Gasteiger partial charge is 0.207 e. The lowest BCUT2D eigenvalue weighted by atomic mass is 9.89. The van der Waals surface area contributed by atoms with E-state index >= 15 is 0 Å². The zero-order chi connectivity index (χ0) is 15.8. The van der Waals surface area contributed by atoms with Crippen LogP contribution in [-0.4, -0.2) is 19.0 Å². The second kappa shape index (κ2) is 5.78. The van der Waals surface area contributed by atoms with Gasteiger partial charge >= 0.3 is 0 Å². The van der Waals surface area contributed by atoms with Crippen LogP contribution in [0, 0.1) is 0 Å². The van der Waals surface area contributed by atoms with Crippen molar-refractivity contribution in [3.8, 4) is 11.5 Å². The van der Waals surface area contributed by atoms with E-state index in [0.717, 1.165) is 48.5 Å². The maximum Gasteiger partial charge on any atom is 0.207 e. The van der Waals surface area contributed by atoms with Gasteiger partial charge in [0.2, 0.25) is 6.41 Å². The lowest BCUT2D eigenvalue weighted by Gasteiger charge is -2.42. The van der Waals surface area contributed by atoms with Crippen molar-refractivity contribution in [2.75, 3.05) is 11.4 Å². The topological polar surface area (TPSA) is 41.6 Å². The molecule has 2 heterocycles. The Labute approximate surface area is 140 Å². The number of nitrogens with one attached hydrogen (secondary N) is 1. The normalized spacial score (nSPS) is 22.0. The van der Waals surface area contributed by atoms with Gasteiger partial charge < -0.3 is 15.0 Å². The average molecular weight is 329 g/mol. The third-order valence-electron chi connectivity index (χ3n) is 4.60. The number of halogens is 1. The van der Waals surface area contributed by atoms with Gasteiger partial charge in [0.1, 0.15) is 5.75 Å². The number of nitrogens with zero attached hydrogens (tertiary/aromatic N) is 1. The van der Waals surface area contributed by atoms with Gasteiger partial charge in [0.05, 0.1) is 17.8 Å². The Bertz CT molecular complexity index is 750. The summed E-state index contributed by atoms with van der Waals surface area (Å²) >= 11 is 6.22. The van der Waals surface area contributed by atoms with Crippen molar-refractivity contribution in [1.29, 1.82) is 0 Å².